The van der Waals surface area contributed by atoms with Gasteiger partial charge in [0.15, 0.2) is 6.26 Å². The van der Waals surface area contributed by atoms with Gasteiger partial charge >= 0.3 is 0 Å². The molecule has 0 bridgehead atoms. The molecular formula is C10H8N4O3. The van der Waals surface area contributed by atoms with Gasteiger partial charge in [-0.1, -0.05) is 6.07 Å². The Bertz CT molecular complexity index is 577. The molecule has 2 amide bonds. The zero-order valence-electron chi connectivity index (χ0n) is 8.58. The number of carbonyl (C=O) groups is 2. The second-order valence-electron chi connectivity index (χ2n) is 3.28. The SMILES string of the molecule is NC(=O)c1ccc(-c2conn2)c(C(N)=O)c1. The Kier molecular flexibility index (Phi) is 2.57. The van der Waals surface area contributed by atoms with E-state index in [2.05, 4.69) is 14.9 Å². The molecule has 0 spiro atoms. The second kappa shape index (κ2) is 4.05. The van der Waals surface area contributed by atoms with Crippen LogP contribution in [0.5, 0.6) is 0 Å². The van der Waals surface area contributed by atoms with Gasteiger partial charge in [0.1, 0.15) is 5.69 Å². The van der Waals surface area contributed by atoms with Crippen molar-refractivity contribution in [3.8, 4) is 11.3 Å². The summed E-state index contributed by atoms with van der Waals surface area (Å²) in [5, 5.41) is 6.95. The Hall–Kier alpha value is -2.70. The van der Waals surface area contributed by atoms with Crippen molar-refractivity contribution in [2.75, 3.05) is 0 Å². The van der Waals surface area contributed by atoms with Gasteiger partial charge in [-0.2, -0.15) is 0 Å². The number of nitrogens with two attached hydrogens (primary N) is 2. The fourth-order valence-corrected chi connectivity index (χ4v) is 1.41. The van der Waals surface area contributed by atoms with Crippen molar-refractivity contribution in [1.29, 1.82) is 0 Å². The molecule has 0 unspecified atom stereocenters. The molecule has 0 fully saturated rings. The standard InChI is InChI=1S/C10H8N4O3/c11-9(15)5-1-2-6(7(3-5)10(12)16)8-4-17-14-13-8/h1-4H,(H2,11,15)(H2,12,16). The van der Waals surface area contributed by atoms with Gasteiger partial charge in [-0.05, 0) is 12.1 Å². The minimum absolute atomic E-state index is 0.136. The van der Waals surface area contributed by atoms with Crippen molar-refractivity contribution < 1.29 is 14.1 Å². The summed E-state index contributed by atoms with van der Waals surface area (Å²) in [5.74, 6) is -1.33. The molecule has 7 nitrogen and oxygen atoms in total. The van der Waals surface area contributed by atoms with Gasteiger partial charge in [-0.3, -0.25) is 9.59 Å². The van der Waals surface area contributed by atoms with E-state index in [0.717, 1.165) is 0 Å². The third kappa shape index (κ3) is 1.98. The van der Waals surface area contributed by atoms with Crippen LogP contribution in [0, 0.1) is 0 Å². The molecule has 2 aromatic rings. The lowest BCUT2D eigenvalue weighted by Gasteiger charge is -2.04. The first-order valence-corrected chi connectivity index (χ1v) is 4.60. The molecule has 0 aliphatic carbocycles. The number of hydrogen-bond acceptors (Lipinski definition) is 5. The number of benzene rings is 1. The van der Waals surface area contributed by atoms with E-state index in [-0.39, 0.29) is 11.1 Å². The quantitative estimate of drug-likeness (QED) is 0.766. The largest absolute Gasteiger partial charge is 0.366 e. The summed E-state index contributed by atoms with van der Waals surface area (Å²) >= 11 is 0. The minimum atomic E-state index is -0.689. The first-order chi connectivity index (χ1) is 8.09. The summed E-state index contributed by atoms with van der Waals surface area (Å²) in [6, 6.07) is 4.30. The highest BCUT2D eigenvalue weighted by molar-refractivity contribution is 6.03. The number of nitrogens with zero attached hydrogens (tertiary/aromatic N) is 2. The predicted molar refractivity (Wildman–Crippen MR) is 56.8 cm³/mol. The Balaban J connectivity index is 2.61. The van der Waals surface area contributed by atoms with E-state index < -0.39 is 11.8 Å². The van der Waals surface area contributed by atoms with Gasteiger partial charge in [0.25, 0.3) is 0 Å². The number of rotatable bonds is 3. The van der Waals surface area contributed by atoms with Crippen LogP contribution in [0.4, 0.5) is 0 Å². The van der Waals surface area contributed by atoms with Crippen molar-refractivity contribution in [3.05, 3.63) is 35.6 Å². The van der Waals surface area contributed by atoms with E-state index >= 15 is 0 Å². The molecule has 17 heavy (non-hydrogen) atoms. The van der Waals surface area contributed by atoms with Crippen LogP contribution >= 0.6 is 0 Å². The first-order valence-electron chi connectivity index (χ1n) is 4.60. The fourth-order valence-electron chi connectivity index (χ4n) is 1.41. The normalized spacial score (nSPS) is 10.1. The fraction of sp³-hybridized carbons (Fsp3) is 0. The monoisotopic (exact) mass is 232 g/mol. The Morgan fingerprint density at radius 2 is 1.94 bits per heavy atom. The zero-order valence-corrected chi connectivity index (χ0v) is 8.58. The lowest BCUT2D eigenvalue weighted by molar-refractivity contribution is 0.0999. The lowest BCUT2D eigenvalue weighted by atomic mass is 10.0. The van der Waals surface area contributed by atoms with E-state index in [9.17, 15) is 9.59 Å². The number of carbonyl (C=O) groups excluding carboxylic acids is 2. The van der Waals surface area contributed by atoms with Crippen molar-refractivity contribution in [2.24, 2.45) is 11.5 Å². The van der Waals surface area contributed by atoms with Crippen molar-refractivity contribution >= 4 is 11.8 Å². The molecule has 0 atom stereocenters. The third-order valence-corrected chi connectivity index (χ3v) is 2.21. The molecule has 0 aliphatic heterocycles. The summed E-state index contributed by atoms with van der Waals surface area (Å²) < 4.78 is 4.58. The van der Waals surface area contributed by atoms with E-state index in [1.165, 1.54) is 24.5 Å². The third-order valence-electron chi connectivity index (χ3n) is 2.21. The first kappa shape index (κ1) is 10.8. The highest BCUT2D eigenvalue weighted by atomic mass is 16.5. The molecule has 86 valence electrons. The highest BCUT2D eigenvalue weighted by Gasteiger charge is 2.15. The van der Waals surface area contributed by atoms with Gasteiger partial charge in [-0.25, -0.2) is 0 Å². The van der Waals surface area contributed by atoms with Crippen LogP contribution in [0.25, 0.3) is 11.3 Å². The molecule has 7 heteroatoms. The smallest absolute Gasteiger partial charge is 0.249 e. The maximum absolute atomic E-state index is 11.3. The molecule has 0 saturated carbocycles. The summed E-state index contributed by atoms with van der Waals surface area (Å²) in [7, 11) is 0. The molecule has 1 heterocycles. The maximum atomic E-state index is 11.3. The average molecular weight is 232 g/mol. The Morgan fingerprint density at radius 3 is 2.47 bits per heavy atom. The number of aromatic nitrogens is 2. The van der Waals surface area contributed by atoms with Crippen LogP contribution in [0.15, 0.2) is 29.0 Å². The number of hydrogen-bond donors (Lipinski definition) is 2. The topological polar surface area (TPSA) is 125 Å². The van der Waals surface area contributed by atoms with Crippen LogP contribution in [0.3, 0.4) is 0 Å². The van der Waals surface area contributed by atoms with Crippen molar-refractivity contribution in [2.45, 2.75) is 0 Å². The maximum Gasteiger partial charge on any atom is 0.249 e. The van der Waals surface area contributed by atoms with Gasteiger partial charge in [0.2, 0.25) is 11.8 Å². The van der Waals surface area contributed by atoms with Gasteiger partial charge in [-0.15, -0.1) is 5.10 Å². The van der Waals surface area contributed by atoms with E-state index in [1.807, 2.05) is 0 Å². The predicted octanol–water partition coefficient (Wildman–Crippen LogP) is -0.0656. The van der Waals surface area contributed by atoms with E-state index in [1.54, 1.807) is 0 Å². The van der Waals surface area contributed by atoms with Crippen LogP contribution in [-0.2, 0) is 0 Å². The molecule has 0 aliphatic rings. The molecule has 4 N–H and O–H groups in total. The van der Waals surface area contributed by atoms with Crippen LogP contribution < -0.4 is 11.5 Å². The lowest BCUT2D eigenvalue weighted by Crippen LogP contribution is -2.16. The number of primary amides is 2. The summed E-state index contributed by atoms with van der Waals surface area (Å²) in [5.41, 5.74) is 11.5. The van der Waals surface area contributed by atoms with Gasteiger partial charge in [0, 0.05) is 22.0 Å². The summed E-state index contributed by atoms with van der Waals surface area (Å²) in [6.45, 7) is 0. The van der Waals surface area contributed by atoms with Crippen molar-refractivity contribution in [1.82, 2.24) is 10.4 Å². The van der Waals surface area contributed by atoms with Gasteiger partial charge < -0.3 is 16.0 Å². The second-order valence-corrected chi connectivity index (χ2v) is 3.28. The molecule has 1 aromatic heterocycles. The van der Waals surface area contributed by atoms with E-state index in [4.69, 9.17) is 11.5 Å². The van der Waals surface area contributed by atoms with Crippen molar-refractivity contribution in [3.63, 3.8) is 0 Å². The molecule has 0 radical (unpaired) electrons. The van der Waals surface area contributed by atoms with Crippen LogP contribution in [-0.4, -0.2) is 22.2 Å². The Morgan fingerprint density at radius 1 is 1.18 bits per heavy atom. The molecule has 2 rings (SSSR count). The zero-order chi connectivity index (χ0) is 12.4. The Labute approximate surface area is 95.4 Å². The van der Waals surface area contributed by atoms with Gasteiger partial charge in [0.05, 0.1) is 0 Å². The highest BCUT2D eigenvalue weighted by Crippen LogP contribution is 2.22. The molecule has 0 saturated heterocycles. The average Bonchev–Trinajstić information content (AvgIpc) is 2.81. The van der Waals surface area contributed by atoms with E-state index in [0.29, 0.717) is 11.3 Å². The summed E-state index contributed by atoms with van der Waals surface area (Å²) in [6.07, 6.45) is 1.27. The molecular weight excluding hydrogens is 224 g/mol. The number of amides is 2. The molecule has 1 aromatic carbocycles. The summed E-state index contributed by atoms with van der Waals surface area (Å²) in [4.78, 5) is 22.3. The van der Waals surface area contributed by atoms with Crippen LogP contribution in [0.1, 0.15) is 20.7 Å². The minimum Gasteiger partial charge on any atom is -0.366 e. The van der Waals surface area contributed by atoms with Crippen LogP contribution in [0.2, 0.25) is 0 Å².